The van der Waals surface area contributed by atoms with Crippen LogP contribution in [-0.4, -0.2) is 29.1 Å². The first-order valence-corrected chi connectivity index (χ1v) is 4.26. The first kappa shape index (κ1) is 8.93. The highest BCUT2D eigenvalue weighted by Gasteiger charge is 2.33. The third-order valence-corrected chi connectivity index (χ3v) is 2.32. The average Bonchev–Trinajstić information content (AvgIpc) is 2.05. The molecule has 1 fully saturated rings. The number of aliphatic carboxylic acids is 1. The van der Waals surface area contributed by atoms with Crippen molar-refractivity contribution in [3.05, 3.63) is 24.3 Å². The molecule has 2 rings (SSSR count). The molecule has 0 unspecified atom stereocenters. The number of aromatic nitrogens is 1. The minimum atomic E-state index is -0.823. The van der Waals surface area contributed by atoms with Crippen LogP contribution in [0.5, 0.6) is 0 Å². The number of halogens is 1. The normalized spacial score (nSPS) is 16.5. The van der Waals surface area contributed by atoms with Gasteiger partial charge in [0.1, 0.15) is 0 Å². The molecule has 5 heteroatoms. The molecule has 0 atom stereocenters. The smallest absolute Gasteiger partial charge is 0.310 e. The number of carbonyl (C=O) groups is 1. The molecule has 4 nitrogen and oxygen atoms in total. The van der Waals surface area contributed by atoms with Crippen LogP contribution in [-0.2, 0) is 4.79 Å². The molecule has 14 heavy (non-hydrogen) atoms. The van der Waals surface area contributed by atoms with E-state index in [0.717, 1.165) is 6.20 Å². The predicted molar refractivity (Wildman–Crippen MR) is 47.5 cm³/mol. The molecule has 0 saturated carbocycles. The molecule has 0 aromatic carbocycles. The van der Waals surface area contributed by atoms with Gasteiger partial charge in [-0.2, -0.15) is 0 Å². The maximum absolute atomic E-state index is 13.1. The predicted octanol–water partition coefficient (Wildman–Crippen LogP) is 0.742. The average molecular weight is 196 g/mol. The van der Waals surface area contributed by atoms with Crippen molar-refractivity contribution < 1.29 is 14.3 Å². The Morgan fingerprint density at radius 1 is 1.64 bits per heavy atom. The maximum Gasteiger partial charge on any atom is 0.310 e. The van der Waals surface area contributed by atoms with E-state index in [4.69, 9.17) is 5.11 Å². The van der Waals surface area contributed by atoms with Crippen LogP contribution in [0, 0.1) is 11.7 Å². The molecule has 0 radical (unpaired) electrons. The lowest BCUT2D eigenvalue weighted by Gasteiger charge is -2.38. The molecular weight excluding hydrogens is 187 g/mol. The van der Waals surface area contributed by atoms with E-state index in [-0.39, 0.29) is 5.92 Å². The lowest BCUT2D eigenvalue weighted by atomic mass is 10.00. The third kappa shape index (κ3) is 1.41. The van der Waals surface area contributed by atoms with Gasteiger partial charge in [-0.3, -0.25) is 9.78 Å². The molecule has 1 aromatic heterocycles. The summed E-state index contributed by atoms with van der Waals surface area (Å²) in [6.45, 7) is 0.743. The number of carboxylic acid groups (broad SMARTS) is 1. The highest BCUT2D eigenvalue weighted by Crippen LogP contribution is 2.26. The highest BCUT2D eigenvalue weighted by atomic mass is 19.1. The summed E-state index contributed by atoms with van der Waals surface area (Å²) in [4.78, 5) is 15.8. The molecule has 1 N–H and O–H groups in total. The number of hydrogen-bond acceptors (Lipinski definition) is 3. The van der Waals surface area contributed by atoms with Gasteiger partial charge < -0.3 is 10.0 Å². The zero-order valence-corrected chi connectivity index (χ0v) is 7.35. The second-order valence-corrected chi connectivity index (χ2v) is 3.27. The number of anilines is 1. The van der Waals surface area contributed by atoms with Gasteiger partial charge >= 0.3 is 5.97 Å². The van der Waals surface area contributed by atoms with Crippen LogP contribution < -0.4 is 4.90 Å². The number of nitrogens with zero attached hydrogens (tertiary/aromatic N) is 2. The molecule has 1 aliphatic rings. The van der Waals surface area contributed by atoms with E-state index in [2.05, 4.69) is 4.98 Å². The monoisotopic (exact) mass is 196 g/mol. The Labute approximate surface area is 80.0 Å². The largest absolute Gasteiger partial charge is 0.481 e. The Hall–Kier alpha value is -1.65. The summed E-state index contributed by atoms with van der Waals surface area (Å²) < 4.78 is 13.1. The van der Waals surface area contributed by atoms with Crippen LogP contribution in [0.25, 0.3) is 0 Å². The van der Waals surface area contributed by atoms with E-state index in [1.54, 1.807) is 11.0 Å². The van der Waals surface area contributed by atoms with Gasteiger partial charge in [0.15, 0.2) is 5.82 Å². The van der Waals surface area contributed by atoms with Crippen molar-refractivity contribution in [1.82, 2.24) is 4.98 Å². The van der Waals surface area contributed by atoms with Gasteiger partial charge in [0.2, 0.25) is 0 Å². The number of rotatable bonds is 2. The minimum Gasteiger partial charge on any atom is -0.481 e. The Balaban J connectivity index is 2.07. The molecule has 0 spiro atoms. The standard InChI is InChI=1S/C9H9FN2O2/c10-7-3-11-2-1-8(7)12-4-6(5-12)9(13)14/h1-3,6H,4-5H2,(H,13,14). The van der Waals surface area contributed by atoms with Gasteiger partial charge in [0.25, 0.3) is 0 Å². The molecule has 1 aliphatic heterocycles. The number of carboxylic acids is 1. The van der Waals surface area contributed by atoms with Crippen molar-refractivity contribution in [3.63, 3.8) is 0 Å². The number of pyridine rings is 1. The fourth-order valence-corrected chi connectivity index (χ4v) is 1.46. The van der Waals surface area contributed by atoms with Crippen molar-refractivity contribution in [2.24, 2.45) is 5.92 Å². The summed E-state index contributed by atoms with van der Waals surface area (Å²) in [7, 11) is 0. The van der Waals surface area contributed by atoms with Crippen LogP contribution in [0.1, 0.15) is 0 Å². The molecule has 0 bridgehead atoms. The highest BCUT2D eigenvalue weighted by molar-refractivity contribution is 5.74. The molecule has 0 amide bonds. The second-order valence-electron chi connectivity index (χ2n) is 3.27. The summed E-state index contributed by atoms with van der Waals surface area (Å²) in [6, 6.07) is 1.55. The summed E-state index contributed by atoms with van der Waals surface area (Å²) in [5.41, 5.74) is 0.428. The molecule has 0 aliphatic carbocycles. The van der Waals surface area contributed by atoms with Crippen molar-refractivity contribution in [1.29, 1.82) is 0 Å². The van der Waals surface area contributed by atoms with E-state index >= 15 is 0 Å². The van der Waals surface area contributed by atoms with Crippen LogP contribution in [0.3, 0.4) is 0 Å². The Morgan fingerprint density at radius 2 is 2.36 bits per heavy atom. The van der Waals surface area contributed by atoms with Crippen LogP contribution in [0.2, 0.25) is 0 Å². The molecular formula is C9H9FN2O2. The fraction of sp³-hybridized carbons (Fsp3) is 0.333. The SMILES string of the molecule is O=C(O)C1CN(c2ccncc2F)C1. The van der Waals surface area contributed by atoms with Crippen molar-refractivity contribution in [2.75, 3.05) is 18.0 Å². The lowest BCUT2D eigenvalue weighted by molar-refractivity contribution is -0.142. The summed E-state index contributed by atoms with van der Waals surface area (Å²) in [5, 5.41) is 8.63. The van der Waals surface area contributed by atoms with Crippen LogP contribution >= 0.6 is 0 Å². The molecule has 1 saturated heterocycles. The van der Waals surface area contributed by atoms with Crippen LogP contribution in [0.4, 0.5) is 10.1 Å². The Bertz CT molecular complexity index is 364. The minimum absolute atomic E-state index is 0.371. The zero-order chi connectivity index (χ0) is 10.1. The fourth-order valence-electron chi connectivity index (χ4n) is 1.46. The molecule has 74 valence electrons. The van der Waals surface area contributed by atoms with E-state index in [9.17, 15) is 9.18 Å². The second kappa shape index (κ2) is 3.25. The van der Waals surface area contributed by atoms with Gasteiger partial charge in [0.05, 0.1) is 17.8 Å². The van der Waals surface area contributed by atoms with Crippen molar-refractivity contribution >= 4 is 11.7 Å². The van der Waals surface area contributed by atoms with Crippen molar-refractivity contribution in [2.45, 2.75) is 0 Å². The first-order valence-electron chi connectivity index (χ1n) is 4.26. The van der Waals surface area contributed by atoms with E-state index in [1.807, 2.05) is 0 Å². The van der Waals surface area contributed by atoms with E-state index in [1.165, 1.54) is 6.20 Å². The Kier molecular flexibility index (Phi) is 2.07. The summed E-state index contributed by atoms with van der Waals surface area (Å²) in [6.07, 6.45) is 2.62. The quantitative estimate of drug-likeness (QED) is 0.758. The first-order chi connectivity index (χ1) is 6.68. The lowest BCUT2D eigenvalue weighted by Crippen LogP contribution is -2.50. The van der Waals surface area contributed by atoms with Crippen LogP contribution in [0.15, 0.2) is 18.5 Å². The molecule has 2 heterocycles. The van der Waals surface area contributed by atoms with E-state index < -0.39 is 11.8 Å². The van der Waals surface area contributed by atoms with Gasteiger partial charge in [-0.05, 0) is 6.07 Å². The van der Waals surface area contributed by atoms with Crippen molar-refractivity contribution in [3.8, 4) is 0 Å². The topological polar surface area (TPSA) is 53.4 Å². The zero-order valence-electron chi connectivity index (χ0n) is 7.35. The van der Waals surface area contributed by atoms with Gasteiger partial charge in [0, 0.05) is 19.3 Å². The maximum atomic E-state index is 13.1. The van der Waals surface area contributed by atoms with Gasteiger partial charge in [-0.15, -0.1) is 0 Å². The number of hydrogen-bond donors (Lipinski definition) is 1. The molecule has 1 aromatic rings. The summed E-state index contributed by atoms with van der Waals surface area (Å²) >= 11 is 0. The van der Waals surface area contributed by atoms with Gasteiger partial charge in [-0.25, -0.2) is 4.39 Å². The summed E-state index contributed by atoms with van der Waals surface area (Å²) in [5.74, 6) is -1.60. The van der Waals surface area contributed by atoms with Gasteiger partial charge in [-0.1, -0.05) is 0 Å². The van der Waals surface area contributed by atoms with E-state index in [0.29, 0.717) is 18.8 Å². The third-order valence-electron chi connectivity index (χ3n) is 2.32. The Morgan fingerprint density at radius 3 is 2.93 bits per heavy atom.